The number of aromatic nitrogens is 3. The SMILES string of the molecule is Cc1nn(C)c(C)c1-c1c(Cl)ccc2c(CCCOc3cccc4ccccc34)c(C(=O)OC(C)(C)C)n(CCN3C[C@@H]4C[C@H]3CN4C(=O)OC(C)(C)C)c12. The van der Waals surface area contributed by atoms with E-state index in [-0.39, 0.29) is 24.1 Å². The third kappa shape index (κ3) is 7.81. The molecule has 2 saturated heterocycles. The lowest BCUT2D eigenvalue weighted by molar-refractivity contribution is 0.00500. The van der Waals surface area contributed by atoms with Crippen LogP contribution in [-0.4, -0.2) is 85.7 Å². The van der Waals surface area contributed by atoms with Crippen LogP contribution in [0.1, 0.15) is 81.8 Å². The fourth-order valence-corrected chi connectivity index (χ4v) is 8.70. The molecule has 3 aromatic carbocycles. The number of fused-ring (bicyclic) bond motifs is 4. The van der Waals surface area contributed by atoms with Gasteiger partial charge in [-0.15, -0.1) is 0 Å². The number of piperazine rings is 1. The number of likely N-dealkylation sites (tertiary alicyclic amines) is 2. The molecular weight excluding hydrogens is 714 g/mol. The Hall–Kier alpha value is -4.54. The zero-order valence-electron chi connectivity index (χ0n) is 33.7. The second kappa shape index (κ2) is 14.8. The average Bonchev–Trinajstić information content (AvgIpc) is 3.85. The van der Waals surface area contributed by atoms with Crippen molar-refractivity contribution < 1.29 is 23.8 Å². The molecule has 2 atom stereocenters. The molecule has 7 rings (SSSR count). The predicted molar refractivity (Wildman–Crippen MR) is 218 cm³/mol. The van der Waals surface area contributed by atoms with Gasteiger partial charge >= 0.3 is 12.1 Å². The topological polar surface area (TPSA) is 91.1 Å². The second-order valence-electron chi connectivity index (χ2n) is 17.1. The van der Waals surface area contributed by atoms with Crippen LogP contribution in [0.4, 0.5) is 4.79 Å². The molecule has 2 aliphatic rings. The van der Waals surface area contributed by atoms with Crippen LogP contribution in [0.3, 0.4) is 0 Å². The minimum Gasteiger partial charge on any atom is -0.493 e. The maximum Gasteiger partial charge on any atom is 0.410 e. The standard InChI is InChI=1S/C44H54ClN5O5/c1-27-37(28(2)47(9)46-27)38-35(45)20-19-34-33(17-13-23-53-36-18-12-15-29-14-10-11-16-32(29)36)40(41(51)54-43(3,4)5)49(39(34)38)22-21-48-25-31-24-30(48)26-50(31)42(52)55-44(6,7)8/h10-12,14-16,18-20,30-31H,13,17,21-26H2,1-9H3/t30-,31-/m0/s1. The van der Waals surface area contributed by atoms with Gasteiger partial charge in [-0.3, -0.25) is 9.58 Å². The Morgan fingerprint density at radius 3 is 2.25 bits per heavy atom. The van der Waals surface area contributed by atoms with Crippen molar-refractivity contribution in [1.82, 2.24) is 24.1 Å². The molecule has 10 nitrogen and oxygen atoms in total. The van der Waals surface area contributed by atoms with Crippen LogP contribution in [0.2, 0.25) is 5.02 Å². The van der Waals surface area contributed by atoms with E-state index in [0.29, 0.717) is 49.8 Å². The maximum absolute atomic E-state index is 14.5. The Kier molecular flexibility index (Phi) is 10.5. The third-order valence-electron chi connectivity index (χ3n) is 10.8. The zero-order chi connectivity index (χ0) is 39.4. The molecule has 2 bridgehead atoms. The Labute approximate surface area is 329 Å². The van der Waals surface area contributed by atoms with E-state index in [1.54, 1.807) is 0 Å². The van der Waals surface area contributed by atoms with Crippen molar-refractivity contribution in [3.63, 3.8) is 0 Å². The summed E-state index contributed by atoms with van der Waals surface area (Å²) < 4.78 is 22.3. The number of amides is 1. The molecule has 1 amide bonds. The van der Waals surface area contributed by atoms with Crippen molar-refractivity contribution in [3.05, 3.63) is 82.3 Å². The van der Waals surface area contributed by atoms with Crippen molar-refractivity contribution in [2.24, 2.45) is 7.05 Å². The lowest BCUT2D eigenvalue weighted by atomic mass is 9.98. The van der Waals surface area contributed by atoms with E-state index in [2.05, 4.69) is 34.6 Å². The number of rotatable bonds is 10. The van der Waals surface area contributed by atoms with Crippen LogP contribution < -0.4 is 4.74 Å². The molecule has 2 aromatic heterocycles. The molecule has 0 radical (unpaired) electrons. The summed E-state index contributed by atoms with van der Waals surface area (Å²) in [5.74, 6) is 0.476. The summed E-state index contributed by atoms with van der Waals surface area (Å²) >= 11 is 7.18. The number of esters is 1. The quantitative estimate of drug-likeness (QED) is 0.103. The summed E-state index contributed by atoms with van der Waals surface area (Å²) in [6, 6.07) is 18.6. The minimum atomic E-state index is -0.705. The number of halogens is 1. The van der Waals surface area contributed by atoms with Crippen LogP contribution in [0.25, 0.3) is 32.8 Å². The highest BCUT2D eigenvalue weighted by atomic mass is 35.5. The summed E-state index contributed by atoms with van der Waals surface area (Å²) in [5, 5.41) is 8.52. The van der Waals surface area contributed by atoms with E-state index >= 15 is 0 Å². The minimum absolute atomic E-state index is 0.0922. The first-order valence-corrected chi connectivity index (χ1v) is 19.8. The molecule has 11 heteroatoms. The zero-order valence-corrected chi connectivity index (χ0v) is 34.4. The molecule has 0 N–H and O–H groups in total. The van der Waals surface area contributed by atoms with Crippen molar-refractivity contribution in [2.45, 2.75) is 104 Å². The highest BCUT2D eigenvalue weighted by Crippen LogP contribution is 2.43. The molecular formula is C44H54ClN5O5. The van der Waals surface area contributed by atoms with Gasteiger partial charge in [-0.25, -0.2) is 9.59 Å². The number of hydrogen-bond donors (Lipinski definition) is 0. The van der Waals surface area contributed by atoms with Gasteiger partial charge in [0.25, 0.3) is 0 Å². The van der Waals surface area contributed by atoms with Crippen LogP contribution in [0.15, 0.2) is 54.6 Å². The normalized spacial score (nSPS) is 17.5. The molecule has 5 aromatic rings. The van der Waals surface area contributed by atoms with Crippen molar-refractivity contribution in [2.75, 3.05) is 26.2 Å². The first-order chi connectivity index (χ1) is 26.0. The van der Waals surface area contributed by atoms with Gasteiger partial charge in [0, 0.05) is 72.9 Å². The van der Waals surface area contributed by atoms with E-state index in [1.165, 1.54) is 0 Å². The molecule has 0 saturated carbocycles. The van der Waals surface area contributed by atoms with Crippen LogP contribution in [0.5, 0.6) is 5.75 Å². The number of aryl methyl sites for hydroxylation is 3. The molecule has 292 valence electrons. The third-order valence-corrected chi connectivity index (χ3v) is 11.1. The summed E-state index contributed by atoms with van der Waals surface area (Å²) in [6.45, 7) is 18.5. The summed E-state index contributed by atoms with van der Waals surface area (Å²) in [6.07, 6.45) is 1.92. The Bertz CT molecular complexity index is 2260. The van der Waals surface area contributed by atoms with E-state index in [0.717, 1.165) is 68.5 Å². The molecule has 2 aliphatic heterocycles. The lowest BCUT2D eigenvalue weighted by Gasteiger charge is -2.35. The summed E-state index contributed by atoms with van der Waals surface area (Å²) in [7, 11) is 1.94. The van der Waals surface area contributed by atoms with Gasteiger partial charge in [0.15, 0.2) is 0 Å². The number of nitrogens with zero attached hydrogens (tertiary/aromatic N) is 5. The first kappa shape index (κ1) is 38.7. The number of benzene rings is 3. The average molecular weight is 768 g/mol. The van der Waals surface area contributed by atoms with E-state index < -0.39 is 11.2 Å². The van der Waals surface area contributed by atoms with E-state index in [9.17, 15) is 9.59 Å². The summed E-state index contributed by atoms with van der Waals surface area (Å²) in [4.78, 5) is 31.9. The van der Waals surface area contributed by atoms with Crippen molar-refractivity contribution in [3.8, 4) is 16.9 Å². The van der Waals surface area contributed by atoms with Gasteiger partial charge in [0.1, 0.15) is 22.6 Å². The van der Waals surface area contributed by atoms with Crippen LogP contribution >= 0.6 is 11.6 Å². The van der Waals surface area contributed by atoms with Crippen LogP contribution in [0, 0.1) is 13.8 Å². The molecule has 0 unspecified atom stereocenters. The Morgan fingerprint density at radius 2 is 1.58 bits per heavy atom. The molecule has 2 fully saturated rings. The monoisotopic (exact) mass is 767 g/mol. The van der Waals surface area contributed by atoms with Gasteiger partial charge < -0.3 is 23.7 Å². The predicted octanol–water partition coefficient (Wildman–Crippen LogP) is 9.13. The number of hydrogen-bond acceptors (Lipinski definition) is 7. The Balaban J connectivity index is 1.26. The van der Waals surface area contributed by atoms with Gasteiger partial charge in [-0.2, -0.15) is 5.10 Å². The van der Waals surface area contributed by atoms with Crippen molar-refractivity contribution in [1.29, 1.82) is 0 Å². The van der Waals surface area contributed by atoms with Gasteiger partial charge in [-0.05, 0) is 97.7 Å². The molecule has 4 heterocycles. The second-order valence-corrected chi connectivity index (χ2v) is 17.5. The Morgan fingerprint density at radius 1 is 0.855 bits per heavy atom. The smallest absolute Gasteiger partial charge is 0.410 e. The number of ether oxygens (including phenoxy) is 3. The van der Waals surface area contributed by atoms with E-state index in [1.807, 2.05) is 101 Å². The molecule has 55 heavy (non-hydrogen) atoms. The fraction of sp³-hybridized carbons (Fsp3) is 0.477. The number of carbonyl (C=O) groups is 2. The highest BCUT2D eigenvalue weighted by molar-refractivity contribution is 6.35. The summed E-state index contributed by atoms with van der Waals surface area (Å²) in [5.41, 5.74) is 4.79. The maximum atomic E-state index is 14.5. The van der Waals surface area contributed by atoms with E-state index in [4.69, 9.17) is 30.9 Å². The van der Waals surface area contributed by atoms with Gasteiger partial charge in [-0.1, -0.05) is 54.1 Å². The molecule has 0 spiro atoms. The van der Waals surface area contributed by atoms with Crippen LogP contribution in [-0.2, 0) is 29.5 Å². The fourth-order valence-electron chi connectivity index (χ4n) is 8.45. The van der Waals surface area contributed by atoms with Gasteiger partial charge in [0.05, 0.1) is 22.8 Å². The first-order valence-electron chi connectivity index (χ1n) is 19.4. The highest BCUT2D eigenvalue weighted by Gasteiger charge is 2.46. The molecule has 0 aliphatic carbocycles. The van der Waals surface area contributed by atoms with Gasteiger partial charge in [0.2, 0.25) is 0 Å². The largest absolute Gasteiger partial charge is 0.493 e. The lowest BCUT2D eigenvalue weighted by Crippen LogP contribution is -2.50. The van der Waals surface area contributed by atoms with Crippen molar-refractivity contribution >= 4 is 45.3 Å². The number of carbonyl (C=O) groups excluding carboxylic acids is 2.